The van der Waals surface area contributed by atoms with Crippen LogP contribution < -0.4 is 4.90 Å². The molecule has 5 heteroatoms. The molecule has 1 saturated carbocycles. The minimum Gasteiger partial charge on any atom is -0.478 e. The smallest absolute Gasteiger partial charge is 0.338 e. The number of carbonyl (C=O) groups is 1. The maximum Gasteiger partial charge on any atom is 0.338 e. The van der Waals surface area contributed by atoms with Gasteiger partial charge in [-0.25, -0.2) is 14.8 Å². The third-order valence-corrected chi connectivity index (χ3v) is 6.82. The molecule has 0 radical (unpaired) electrons. The molecular formula is C23H27N3O2. The summed E-state index contributed by atoms with van der Waals surface area (Å²) in [5.74, 6) is 0.302. The highest BCUT2D eigenvalue weighted by molar-refractivity contribution is 5.86. The zero-order valence-electron chi connectivity index (χ0n) is 16.4. The summed E-state index contributed by atoms with van der Waals surface area (Å²) in [5.41, 5.74) is 6.28. The third-order valence-electron chi connectivity index (χ3n) is 6.82. The molecule has 1 fully saturated rings. The van der Waals surface area contributed by atoms with Crippen LogP contribution in [0.5, 0.6) is 0 Å². The second kappa shape index (κ2) is 6.57. The summed E-state index contributed by atoms with van der Waals surface area (Å²) in [5, 5.41) is 9.15. The number of hydrogen-bond acceptors (Lipinski definition) is 4. The van der Waals surface area contributed by atoms with E-state index < -0.39 is 5.97 Å². The summed E-state index contributed by atoms with van der Waals surface area (Å²) in [4.78, 5) is 22.2. The zero-order valence-corrected chi connectivity index (χ0v) is 16.4. The van der Waals surface area contributed by atoms with Crippen LogP contribution in [0.25, 0.3) is 0 Å². The Morgan fingerprint density at radius 2 is 1.75 bits per heavy atom. The maximum absolute atomic E-state index is 11.2. The molecule has 1 aromatic carbocycles. The van der Waals surface area contributed by atoms with Crippen molar-refractivity contribution in [3.8, 4) is 0 Å². The minimum absolute atomic E-state index is 0.131. The van der Waals surface area contributed by atoms with Crippen molar-refractivity contribution in [1.29, 1.82) is 0 Å². The zero-order chi connectivity index (χ0) is 19.3. The monoisotopic (exact) mass is 377 g/mol. The van der Waals surface area contributed by atoms with E-state index in [1.807, 2.05) is 0 Å². The molecule has 0 aliphatic heterocycles. The van der Waals surface area contributed by atoms with E-state index >= 15 is 0 Å². The van der Waals surface area contributed by atoms with Crippen LogP contribution in [0.1, 0.15) is 72.5 Å². The summed E-state index contributed by atoms with van der Waals surface area (Å²) in [6, 6.07) is 4.72. The molecule has 3 aliphatic carbocycles. The molecule has 0 spiro atoms. The molecule has 0 saturated heterocycles. The van der Waals surface area contributed by atoms with Gasteiger partial charge in [0.15, 0.2) is 0 Å². The van der Waals surface area contributed by atoms with Gasteiger partial charge in [0.1, 0.15) is 0 Å². The Bertz CT molecular complexity index is 887. The van der Waals surface area contributed by atoms with Crippen molar-refractivity contribution in [2.45, 2.75) is 63.7 Å². The van der Waals surface area contributed by atoms with Gasteiger partial charge in [0.2, 0.25) is 5.95 Å². The van der Waals surface area contributed by atoms with Gasteiger partial charge >= 0.3 is 5.97 Å². The van der Waals surface area contributed by atoms with Crippen molar-refractivity contribution in [3.63, 3.8) is 0 Å². The van der Waals surface area contributed by atoms with Gasteiger partial charge in [-0.05, 0) is 91.5 Å². The molecule has 0 unspecified atom stereocenters. The summed E-state index contributed by atoms with van der Waals surface area (Å²) in [7, 11) is 0. The number of benzene rings is 1. The fourth-order valence-electron chi connectivity index (χ4n) is 5.22. The van der Waals surface area contributed by atoms with Gasteiger partial charge in [0.05, 0.1) is 5.56 Å². The Hall–Kier alpha value is -2.43. The summed E-state index contributed by atoms with van der Waals surface area (Å²) >= 11 is 0. The second-order valence-electron chi connectivity index (χ2n) is 9.04. The van der Waals surface area contributed by atoms with Crippen LogP contribution in [0.2, 0.25) is 0 Å². The molecule has 1 aromatic heterocycles. The van der Waals surface area contributed by atoms with Gasteiger partial charge in [-0.1, -0.05) is 6.92 Å². The highest BCUT2D eigenvalue weighted by Gasteiger charge is 2.37. The topological polar surface area (TPSA) is 66.3 Å². The summed E-state index contributed by atoms with van der Waals surface area (Å²) in [6.07, 6.45) is 12.8. The van der Waals surface area contributed by atoms with Crippen molar-refractivity contribution < 1.29 is 9.90 Å². The number of rotatable bonds is 5. The minimum atomic E-state index is -0.988. The van der Waals surface area contributed by atoms with Crippen LogP contribution in [0, 0.1) is 5.92 Å². The van der Waals surface area contributed by atoms with Crippen molar-refractivity contribution in [3.05, 3.63) is 46.8 Å². The lowest BCUT2D eigenvalue weighted by Crippen LogP contribution is -2.33. The molecule has 2 aromatic rings. The Morgan fingerprint density at radius 1 is 1.14 bits per heavy atom. The molecule has 0 amide bonds. The first-order chi connectivity index (χ1) is 13.5. The number of aromatic carboxylic acids is 1. The van der Waals surface area contributed by atoms with E-state index in [2.05, 4.69) is 33.9 Å². The van der Waals surface area contributed by atoms with Gasteiger partial charge in [-0.3, -0.25) is 0 Å². The Balaban J connectivity index is 1.57. The predicted octanol–water partition coefficient (Wildman–Crippen LogP) is 4.65. The van der Waals surface area contributed by atoms with Gasteiger partial charge in [-0.2, -0.15) is 0 Å². The molecule has 0 atom stereocenters. The van der Waals surface area contributed by atoms with Crippen LogP contribution in [-0.4, -0.2) is 27.6 Å². The van der Waals surface area contributed by atoms with Gasteiger partial charge in [0.25, 0.3) is 0 Å². The van der Waals surface area contributed by atoms with E-state index in [4.69, 9.17) is 5.11 Å². The number of aryl methyl sites for hydroxylation is 2. The summed E-state index contributed by atoms with van der Waals surface area (Å²) in [6.45, 7) is 3.35. The van der Waals surface area contributed by atoms with Gasteiger partial charge in [-0.15, -0.1) is 0 Å². The average molecular weight is 377 g/mol. The van der Waals surface area contributed by atoms with Crippen LogP contribution in [0.4, 0.5) is 11.6 Å². The first-order valence-electron chi connectivity index (χ1n) is 10.5. The SMILES string of the molecule is CC12CCCc3cc(N(CC4CC4)c4ncc(C(=O)O)cn4)cc(c31)CCC2. The van der Waals surface area contributed by atoms with Crippen LogP contribution in [0.15, 0.2) is 24.5 Å². The molecule has 1 heterocycles. The normalized spacial score (nSPS) is 19.8. The Labute approximate surface area is 165 Å². The Kier molecular flexibility index (Phi) is 4.14. The van der Waals surface area contributed by atoms with Crippen molar-refractivity contribution in [2.24, 2.45) is 5.92 Å². The number of carboxylic acids is 1. The second-order valence-corrected chi connectivity index (χ2v) is 9.04. The lowest BCUT2D eigenvalue weighted by molar-refractivity contribution is 0.0696. The lowest BCUT2D eigenvalue weighted by Gasteiger charge is -2.42. The van der Waals surface area contributed by atoms with Crippen LogP contribution in [-0.2, 0) is 18.3 Å². The number of aromatic nitrogens is 2. The largest absolute Gasteiger partial charge is 0.478 e. The molecule has 146 valence electrons. The van der Waals surface area contributed by atoms with E-state index in [1.54, 1.807) is 5.56 Å². The lowest BCUT2D eigenvalue weighted by atomic mass is 9.63. The first-order valence-corrected chi connectivity index (χ1v) is 10.5. The van der Waals surface area contributed by atoms with Crippen molar-refractivity contribution >= 4 is 17.6 Å². The first kappa shape index (κ1) is 17.7. The van der Waals surface area contributed by atoms with Crippen molar-refractivity contribution in [2.75, 3.05) is 11.4 Å². The Morgan fingerprint density at radius 3 is 2.29 bits per heavy atom. The average Bonchev–Trinajstić information content (AvgIpc) is 3.50. The highest BCUT2D eigenvalue weighted by atomic mass is 16.4. The van der Waals surface area contributed by atoms with E-state index in [-0.39, 0.29) is 5.56 Å². The molecule has 5 nitrogen and oxygen atoms in total. The van der Waals surface area contributed by atoms with Gasteiger partial charge in [0, 0.05) is 24.6 Å². The van der Waals surface area contributed by atoms with E-state index in [9.17, 15) is 4.79 Å². The molecule has 1 N–H and O–H groups in total. The third kappa shape index (κ3) is 3.07. The summed E-state index contributed by atoms with van der Waals surface area (Å²) < 4.78 is 0. The standard InChI is InChI=1S/C23H27N3O2/c1-23-8-2-4-16-10-19(11-17(20(16)23)5-3-9-23)26(14-15-6-7-15)22-24-12-18(13-25-22)21(27)28/h10-13,15H,2-9,14H2,1H3,(H,27,28). The number of anilines is 2. The number of nitrogens with zero attached hydrogens (tertiary/aromatic N) is 3. The number of hydrogen-bond donors (Lipinski definition) is 1. The molecule has 28 heavy (non-hydrogen) atoms. The maximum atomic E-state index is 11.2. The van der Waals surface area contributed by atoms with Gasteiger partial charge < -0.3 is 10.0 Å². The van der Waals surface area contributed by atoms with E-state index in [0.29, 0.717) is 17.3 Å². The van der Waals surface area contributed by atoms with Crippen molar-refractivity contribution in [1.82, 2.24) is 9.97 Å². The fraction of sp³-hybridized carbons (Fsp3) is 0.522. The van der Waals surface area contributed by atoms with E-state index in [1.165, 1.54) is 67.7 Å². The molecular weight excluding hydrogens is 350 g/mol. The predicted molar refractivity (Wildman–Crippen MR) is 108 cm³/mol. The van der Waals surface area contributed by atoms with Crippen LogP contribution >= 0.6 is 0 Å². The number of carboxylic acid groups (broad SMARTS) is 1. The van der Waals surface area contributed by atoms with E-state index in [0.717, 1.165) is 19.4 Å². The molecule has 0 bridgehead atoms. The molecule has 5 rings (SSSR count). The molecule has 3 aliphatic rings. The highest BCUT2D eigenvalue weighted by Crippen LogP contribution is 2.48. The fourth-order valence-corrected chi connectivity index (χ4v) is 5.22. The van der Waals surface area contributed by atoms with Crippen LogP contribution in [0.3, 0.4) is 0 Å². The quantitative estimate of drug-likeness (QED) is 0.821.